The van der Waals surface area contributed by atoms with Gasteiger partial charge in [-0.2, -0.15) is 0 Å². The Morgan fingerprint density at radius 1 is 0.647 bits per heavy atom. The number of nitrogens with two attached hydrogens (primary N) is 1. The summed E-state index contributed by atoms with van der Waals surface area (Å²) in [5, 5.41) is 0. The van der Waals surface area contributed by atoms with E-state index in [9.17, 15) is 4.79 Å². The highest BCUT2D eigenvalue weighted by atomic mass is 16.1. The molecule has 4 aromatic carbocycles. The number of rotatable bonds is 10. The highest BCUT2D eigenvalue weighted by Crippen LogP contribution is 2.19. The van der Waals surface area contributed by atoms with E-state index >= 15 is 0 Å². The van der Waals surface area contributed by atoms with E-state index in [1.54, 1.807) is 6.08 Å². The Kier molecular flexibility index (Phi) is 8.04. The first-order valence-corrected chi connectivity index (χ1v) is 11.6. The molecule has 3 heteroatoms. The molecule has 0 bridgehead atoms. The SMILES string of the molecule is NC(=CC(=O)[C@H](Cc1ccccc1)N(Cc1ccccc1)Cc1ccccc1)c1ccccc1. The molecule has 0 aliphatic rings. The lowest BCUT2D eigenvalue weighted by Gasteiger charge is -2.31. The fraction of sp³-hybridized carbons (Fsp3) is 0.129. The third-order valence-electron chi connectivity index (χ3n) is 5.90. The normalized spacial score (nSPS) is 12.4. The average Bonchev–Trinajstić information content (AvgIpc) is 2.89. The Hall–Kier alpha value is -3.95. The molecule has 4 aromatic rings. The minimum atomic E-state index is -0.356. The zero-order valence-electron chi connectivity index (χ0n) is 19.3. The number of ketones is 1. The molecule has 0 amide bonds. The van der Waals surface area contributed by atoms with Crippen molar-refractivity contribution in [2.75, 3.05) is 0 Å². The fourth-order valence-corrected chi connectivity index (χ4v) is 4.12. The molecule has 0 heterocycles. The topological polar surface area (TPSA) is 46.3 Å². The van der Waals surface area contributed by atoms with Gasteiger partial charge in [0.2, 0.25) is 0 Å². The second kappa shape index (κ2) is 11.8. The molecule has 0 unspecified atom stereocenters. The van der Waals surface area contributed by atoms with E-state index in [0.717, 1.165) is 11.1 Å². The number of nitrogens with zero attached hydrogens (tertiary/aromatic N) is 1. The molecular formula is C31H30N2O. The van der Waals surface area contributed by atoms with Crippen molar-refractivity contribution < 1.29 is 4.79 Å². The zero-order valence-corrected chi connectivity index (χ0v) is 19.3. The van der Waals surface area contributed by atoms with E-state index in [1.807, 2.05) is 84.9 Å². The van der Waals surface area contributed by atoms with E-state index in [4.69, 9.17) is 5.73 Å². The maximum atomic E-state index is 13.8. The van der Waals surface area contributed by atoms with Gasteiger partial charge in [-0.25, -0.2) is 0 Å². The molecule has 2 N–H and O–H groups in total. The number of carbonyl (C=O) groups excluding carboxylic acids is 1. The standard InChI is InChI=1S/C31H30N2O/c32-29(28-19-11-4-12-20-28)22-31(34)30(21-25-13-5-1-6-14-25)33(23-26-15-7-2-8-16-26)24-27-17-9-3-10-18-27/h1-20,22,30H,21,23-24,32H2/t30-/m0/s1. The highest BCUT2D eigenvalue weighted by molar-refractivity contribution is 6.00. The molecule has 0 aliphatic carbocycles. The Bertz CT molecular complexity index is 1150. The largest absolute Gasteiger partial charge is 0.398 e. The molecule has 170 valence electrons. The quantitative estimate of drug-likeness (QED) is 0.310. The van der Waals surface area contributed by atoms with Crippen LogP contribution in [0.3, 0.4) is 0 Å². The molecular weight excluding hydrogens is 416 g/mol. The summed E-state index contributed by atoms with van der Waals surface area (Å²) in [6.45, 7) is 1.33. The molecule has 4 rings (SSSR count). The predicted octanol–water partition coefficient (Wildman–Crippen LogP) is 5.87. The lowest BCUT2D eigenvalue weighted by molar-refractivity contribution is -0.120. The van der Waals surface area contributed by atoms with E-state index in [0.29, 0.717) is 25.2 Å². The highest BCUT2D eigenvalue weighted by Gasteiger charge is 2.26. The van der Waals surface area contributed by atoms with Crippen LogP contribution in [0.2, 0.25) is 0 Å². The third-order valence-corrected chi connectivity index (χ3v) is 5.90. The van der Waals surface area contributed by atoms with E-state index in [1.165, 1.54) is 11.1 Å². The van der Waals surface area contributed by atoms with Crippen molar-refractivity contribution in [3.8, 4) is 0 Å². The zero-order chi connectivity index (χ0) is 23.6. The van der Waals surface area contributed by atoms with Crippen LogP contribution in [0.15, 0.2) is 127 Å². The maximum Gasteiger partial charge on any atom is 0.175 e. The second-order valence-electron chi connectivity index (χ2n) is 8.45. The van der Waals surface area contributed by atoms with Gasteiger partial charge < -0.3 is 5.73 Å². The first kappa shape index (κ1) is 23.2. The van der Waals surface area contributed by atoms with Crippen molar-refractivity contribution in [3.63, 3.8) is 0 Å². The van der Waals surface area contributed by atoms with E-state index < -0.39 is 0 Å². The van der Waals surface area contributed by atoms with Crippen LogP contribution < -0.4 is 5.73 Å². The summed E-state index contributed by atoms with van der Waals surface area (Å²) in [7, 11) is 0. The molecule has 0 spiro atoms. The second-order valence-corrected chi connectivity index (χ2v) is 8.45. The monoisotopic (exact) mass is 446 g/mol. The van der Waals surface area contributed by atoms with Crippen molar-refractivity contribution in [2.45, 2.75) is 25.6 Å². The Labute approximate surface area is 202 Å². The van der Waals surface area contributed by atoms with Gasteiger partial charge >= 0.3 is 0 Å². The minimum absolute atomic E-state index is 0.0112. The van der Waals surface area contributed by atoms with Gasteiger partial charge in [-0.15, -0.1) is 0 Å². The van der Waals surface area contributed by atoms with Gasteiger partial charge in [0, 0.05) is 24.9 Å². The first-order valence-electron chi connectivity index (χ1n) is 11.6. The molecule has 34 heavy (non-hydrogen) atoms. The van der Waals surface area contributed by atoms with Gasteiger partial charge in [-0.05, 0) is 28.7 Å². The predicted molar refractivity (Wildman–Crippen MR) is 140 cm³/mol. The molecule has 0 saturated heterocycles. The van der Waals surface area contributed by atoms with Gasteiger partial charge in [-0.1, -0.05) is 121 Å². The average molecular weight is 447 g/mol. The van der Waals surface area contributed by atoms with Crippen LogP contribution in [0.4, 0.5) is 0 Å². The number of hydrogen-bond acceptors (Lipinski definition) is 3. The van der Waals surface area contributed by atoms with Crippen LogP contribution in [0, 0.1) is 0 Å². The molecule has 0 saturated carbocycles. The number of benzene rings is 4. The van der Waals surface area contributed by atoms with Crippen molar-refractivity contribution in [3.05, 3.63) is 150 Å². The summed E-state index contributed by atoms with van der Waals surface area (Å²) in [4.78, 5) is 16.0. The Balaban J connectivity index is 1.69. The van der Waals surface area contributed by atoms with Gasteiger partial charge in [0.25, 0.3) is 0 Å². The summed E-state index contributed by atoms with van der Waals surface area (Å²) < 4.78 is 0. The van der Waals surface area contributed by atoms with Crippen LogP contribution >= 0.6 is 0 Å². The van der Waals surface area contributed by atoms with Gasteiger partial charge in [0.05, 0.1) is 6.04 Å². The number of carbonyl (C=O) groups is 1. The van der Waals surface area contributed by atoms with Crippen molar-refractivity contribution in [2.24, 2.45) is 5.73 Å². The minimum Gasteiger partial charge on any atom is -0.398 e. The van der Waals surface area contributed by atoms with Crippen molar-refractivity contribution >= 4 is 11.5 Å². The van der Waals surface area contributed by atoms with Crippen LogP contribution in [-0.2, 0) is 24.3 Å². The Morgan fingerprint density at radius 2 is 1.06 bits per heavy atom. The van der Waals surface area contributed by atoms with Crippen LogP contribution in [0.1, 0.15) is 22.3 Å². The Morgan fingerprint density at radius 3 is 1.53 bits per heavy atom. The van der Waals surface area contributed by atoms with Crippen LogP contribution in [0.25, 0.3) is 5.70 Å². The van der Waals surface area contributed by atoms with Crippen LogP contribution in [-0.4, -0.2) is 16.7 Å². The molecule has 0 fully saturated rings. The first-order chi connectivity index (χ1) is 16.7. The summed E-state index contributed by atoms with van der Waals surface area (Å²) in [6.07, 6.45) is 2.21. The van der Waals surface area contributed by atoms with Gasteiger partial charge in [-0.3, -0.25) is 9.69 Å². The smallest absolute Gasteiger partial charge is 0.175 e. The van der Waals surface area contributed by atoms with Crippen LogP contribution in [0.5, 0.6) is 0 Å². The van der Waals surface area contributed by atoms with Gasteiger partial charge in [0.1, 0.15) is 0 Å². The van der Waals surface area contributed by atoms with E-state index in [-0.39, 0.29) is 11.8 Å². The third kappa shape index (κ3) is 6.53. The molecule has 3 nitrogen and oxygen atoms in total. The molecule has 0 aliphatic heterocycles. The summed E-state index contributed by atoms with van der Waals surface area (Å²) >= 11 is 0. The molecule has 0 radical (unpaired) electrons. The summed E-state index contributed by atoms with van der Waals surface area (Å²) in [5.41, 5.74) is 11.2. The van der Waals surface area contributed by atoms with Crippen molar-refractivity contribution in [1.29, 1.82) is 0 Å². The summed E-state index contributed by atoms with van der Waals surface area (Å²) in [6, 6.07) is 40.1. The number of hydrogen-bond donors (Lipinski definition) is 1. The fourth-order valence-electron chi connectivity index (χ4n) is 4.12. The lowest BCUT2D eigenvalue weighted by atomic mass is 9.97. The van der Waals surface area contributed by atoms with Crippen molar-refractivity contribution in [1.82, 2.24) is 4.90 Å². The summed E-state index contributed by atoms with van der Waals surface area (Å²) in [5.74, 6) is 0.0112. The maximum absolute atomic E-state index is 13.8. The van der Waals surface area contributed by atoms with E-state index in [2.05, 4.69) is 41.3 Å². The molecule has 1 atom stereocenters. The van der Waals surface area contributed by atoms with Gasteiger partial charge in [0.15, 0.2) is 5.78 Å². The lowest BCUT2D eigenvalue weighted by Crippen LogP contribution is -2.41. The molecule has 0 aromatic heterocycles.